The van der Waals surface area contributed by atoms with Crippen LogP contribution in [-0.2, 0) is 0 Å². The number of likely N-dealkylation sites (N-methyl/N-ethyl adjacent to an activating group) is 1. The quantitative estimate of drug-likeness (QED) is 0.0866. The normalized spacial score (nSPS) is 12.8. The van der Waals surface area contributed by atoms with E-state index in [2.05, 4.69) is 77.4 Å². The van der Waals surface area contributed by atoms with Crippen LogP contribution in [0.5, 0.6) is 0 Å². The molecule has 1 atom stereocenters. The molecule has 4 aromatic rings. The molecule has 8 nitrogen and oxygen atoms in total. The van der Waals surface area contributed by atoms with Gasteiger partial charge in [0.2, 0.25) is 0 Å². The number of aryl methyl sites for hydroxylation is 2. The molecule has 1 saturated carbocycles. The van der Waals surface area contributed by atoms with Crippen molar-refractivity contribution >= 4 is 79.7 Å². The Labute approximate surface area is 320 Å². The molecular formula is C38H43F2I2N5O3. The van der Waals surface area contributed by atoms with E-state index < -0.39 is 23.6 Å². The zero-order valence-corrected chi connectivity index (χ0v) is 32.9. The smallest absolute Gasteiger partial charge is 0.253 e. The molecule has 1 aliphatic carbocycles. The lowest BCUT2D eigenvalue weighted by atomic mass is 10.1. The summed E-state index contributed by atoms with van der Waals surface area (Å²) in [5.74, 6) is -1.55. The summed E-state index contributed by atoms with van der Waals surface area (Å²) in [4.78, 5) is 27.0. The maximum atomic E-state index is 13.8. The van der Waals surface area contributed by atoms with Gasteiger partial charge < -0.3 is 31.3 Å². The number of halogens is 4. The van der Waals surface area contributed by atoms with Gasteiger partial charge in [-0.2, -0.15) is 0 Å². The fourth-order valence-electron chi connectivity index (χ4n) is 5.09. The van der Waals surface area contributed by atoms with E-state index >= 15 is 0 Å². The van der Waals surface area contributed by atoms with E-state index in [1.807, 2.05) is 58.0 Å². The van der Waals surface area contributed by atoms with Gasteiger partial charge in [0.15, 0.2) is 0 Å². The Kier molecular flexibility index (Phi) is 14.8. The Morgan fingerprint density at radius 1 is 0.760 bits per heavy atom. The second-order valence-corrected chi connectivity index (χ2v) is 14.6. The molecule has 0 radical (unpaired) electrons. The lowest BCUT2D eigenvalue weighted by molar-refractivity contribution is 0.0869. The van der Waals surface area contributed by atoms with E-state index in [4.69, 9.17) is 0 Å². The molecular weight excluding hydrogens is 866 g/mol. The first-order valence-electron chi connectivity index (χ1n) is 16.5. The lowest BCUT2D eigenvalue weighted by Gasteiger charge is -2.22. The predicted octanol–water partition coefficient (Wildman–Crippen LogP) is 8.29. The fourth-order valence-corrected chi connectivity index (χ4v) is 6.39. The van der Waals surface area contributed by atoms with Gasteiger partial charge in [-0.1, -0.05) is 13.8 Å². The Hall–Kier alpha value is -3.34. The number of rotatable bonds is 13. The zero-order valence-electron chi connectivity index (χ0n) is 28.5. The molecule has 1 fully saturated rings. The number of anilines is 4. The van der Waals surface area contributed by atoms with E-state index in [1.54, 1.807) is 12.1 Å². The predicted molar refractivity (Wildman–Crippen MR) is 214 cm³/mol. The van der Waals surface area contributed by atoms with Crippen LogP contribution in [0.3, 0.4) is 0 Å². The molecule has 5 N–H and O–H groups in total. The molecule has 1 aliphatic rings. The average molecular weight is 910 g/mol. The second-order valence-electron chi connectivity index (χ2n) is 12.1. The molecule has 2 amide bonds. The average Bonchev–Trinajstić information content (AvgIpc) is 3.90. The summed E-state index contributed by atoms with van der Waals surface area (Å²) in [7, 11) is 0. The van der Waals surface area contributed by atoms with Crippen LogP contribution in [-0.4, -0.2) is 60.1 Å². The number of carbonyl (C=O) groups is 2. The Bertz CT molecular complexity index is 1800. The molecule has 0 saturated heterocycles. The van der Waals surface area contributed by atoms with Gasteiger partial charge in [0.1, 0.15) is 11.6 Å². The Balaban J connectivity index is 0.000000231. The first-order chi connectivity index (χ1) is 23.9. The standard InChI is InChI=1S/C21H27FIN3O2.C17H16FIN2O/c1-4-26(5-2)13-17(27)12-24-21(28)18-11-15(22)6-8-20(18)25-19-9-7-16(23)10-14(19)3;1-10-8-12(19)3-7-15(10)21-16-6-2-11(18)9-14(16)17(22)20-13-4-5-13/h6-11,17,25,27H,4-5,12-13H2,1-3H3,(H,24,28);2-3,6-9,13,21H,4-5H2,1H3,(H,20,22). The lowest BCUT2D eigenvalue weighted by Crippen LogP contribution is -2.40. The van der Waals surface area contributed by atoms with Crippen LogP contribution in [0.15, 0.2) is 72.8 Å². The van der Waals surface area contributed by atoms with Crippen LogP contribution in [0, 0.1) is 32.6 Å². The number of hydrogen-bond acceptors (Lipinski definition) is 6. The van der Waals surface area contributed by atoms with Gasteiger partial charge in [0, 0.05) is 37.6 Å². The zero-order chi connectivity index (χ0) is 36.4. The maximum Gasteiger partial charge on any atom is 0.253 e. The highest BCUT2D eigenvalue weighted by molar-refractivity contribution is 14.1. The molecule has 266 valence electrons. The van der Waals surface area contributed by atoms with Gasteiger partial charge in [-0.3, -0.25) is 9.59 Å². The van der Waals surface area contributed by atoms with Crippen molar-refractivity contribution in [3.8, 4) is 0 Å². The highest BCUT2D eigenvalue weighted by Gasteiger charge is 2.25. The number of hydrogen-bond donors (Lipinski definition) is 5. The van der Waals surface area contributed by atoms with E-state index in [0.717, 1.165) is 55.6 Å². The topological polar surface area (TPSA) is 106 Å². The molecule has 0 heterocycles. The third-order valence-electron chi connectivity index (χ3n) is 8.14. The Morgan fingerprint density at radius 3 is 1.66 bits per heavy atom. The van der Waals surface area contributed by atoms with E-state index in [0.29, 0.717) is 23.5 Å². The minimum Gasteiger partial charge on any atom is -0.390 e. The Morgan fingerprint density at radius 2 is 1.22 bits per heavy atom. The van der Waals surface area contributed by atoms with Crippen LogP contribution in [0.1, 0.15) is 58.5 Å². The summed E-state index contributed by atoms with van der Waals surface area (Å²) in [6, 6.07) is 20.5. The van der Waals surface area contributed by atoms with E-state index in [9.17, 15) is 23.5 Å². The van der Waals surface area contributed by atoms with Crippen molar-refractivity contribution in [3.63, 3.8) is 0 Å². The summed E-state index contributed by atoms with van der Waals surface area (Å²) >= 11 is 4.49. The van der Waals surface area contributed by atoms with E-state index in [-0.39, 0.29) is 24.1 Å². The van der Waals surface area contributed by atoms with Crippen molar-refractivity contribution in [2.75, 3.05) is 36.8 Å². The van der Waals surface area contributed by atoms with Crippen molar-refractivity contribution in [1.29, 1.82) is 0 Å². The first kappa shape index (κ1) is 39.4. The molecule has 50 heavy (non-hydrogen) atoms. The van der Waals surface area contributed by atoms with Crippen molar-refractivity contribution in [2.24, 2.45) is 0 Å². The third kappa shape index (κ3) is 11.9. The van der Waals surface area contributed by atoms with Gasteiger partial charge in [0.25, 0.3) is 11.8 Å². The van der Waals surface area contributed by atoms with Gasteiger partial charge in [-0.05, 0) is 169 Å². The third-order valence-corrected chi connectivity index (χ3v) is 9.48. The van der Waals surface area contributed by atoms with Crippen LogP contribution in [0.2, 0.25) is 0 Å². The van der Waals surface area contributed by atoms with Crippen molar-refractivity contribution in [3.05, 3.63) is 114 Å². The molecule has 0 bridgehead atoms. The van der Waals surface area contributed by atoms with Crippen molar-refractivity contribution in [1.82, 2.24) is 15.5 Å². The van der Waals surface area contributed by atoms with Gasteiger partial charge >= 0.3 is 0 Å². The number of carbonyl (C=O) groups excluding carboxylic acids is 2. The highest BCUT2D eigenvalue weighted by Crippen LogP contribution is 2.28. The number of aliphatic hydroxyl groups excluding tert-OH is 1. The summed E-state index contributed by atoms with van der Waals surface area (Å²) in [5, 5.41) is 22.2. The summed E-state index contributed by atoms with van der Waals surface area (Å²) in [6.07, 6.45) is 1.31. The van der Waals surface area contributed by atoms with Gasteiger partial charge in [-0.25, -0.2) is 8.78 Å². The minimum atomic E-state index is -0.688. The fraction of sp³-hybridized carbons (Fsp3) is 0.316. The SMILES string of the molecule is CCN(CC)CC(O)CNC(=O)c1cc(F)ccc1Nc1ccc(I)cc1C.Cc1cc(I)ccc1Nc1ccc(F)cc1C(=O)NC1CC1. The second kappa shape index (κ2) is 18.8. The van der Waals surface area contributed by atoms with E-state index in [1.165, 1.54) is 24.3 Å². The molecule has 12 heteroatoms. The molecule has 0 aliphatic heterocycles. The molecule has 0 spiro atoms. The van der Waals surface area contributed by atoms with Crippen LogP contribution < -0.4 is 21.3 Å². The van der Waals surface area contributed by atoms with Crippen LogP contribution in [0.25, 0.3) is 0 Å². The molecule has 5 rings (SSSR count). The largest absolute Gasteiger partial charge is 0.390 e. The number of amides is 2. The summed E-state index contributed by atoms with van der Waals surface area (Å²) in [5.41, 5.74) is 5.53. The monoisotopic (exact) mass is 909 g/mol. The number of benzene rings is 4. The van der Waals surface area contributed by atoms with Gasteiger partial charge in [0.05, 0.1) is 28.6 Å². The molecule has 0 aromatic heterocycles. The molecule has 1 unspecified atom stereocenters. The maximum absolute atomic E-state index is 13.8. The highest BCUT2D eigenvalue weighted by atomic mass is 127. The van der Waals surface area contributed by atoms with Crippen LogP contribution >= 0.6 is 45.2 Å². The van der Waals surface area contributed by atoms with Crippen molar-refractivity contribution < 1.29 is 23.5 Å². The van der Waals surface area contributed by atoms with Gasteiger partial charge in [-0.15, -0.1) is 0 Å². The summed E-state index contributed by atoms with van der Waals surface area (Å²) < 4.78 is 29.6. The minimum absolute atomic E-state index is 0.105. The summed E-state index contributed by atoms with van der Waals surface area (Å²) in [6.45, 7) is 10.2. The number of nitrogens with zero attached hydrogens (tertiary/aromatic N) is 1. The number of aliphatic hydroxyl groups is 1. The number of nitrogens with one attached hydrogen (secondary N) is 4. The first-order valence-corrected chi connectivity index (χ1v) is 18.7. The van der Waals surface area contributed by atoms with Crippen molar-refractivity contribution in [2.45, 2.75) is 52.7 Å². The van der Waals surface area contributed by atoms with Crippen LogP contribution in [0.4, 0.5) is 31.5 Å². The molecule has 4 aromatic carbocycles.